The van der Waals surface area contributed by atoms with Crippen LogP contribution in [0.1, 0.15) is 31.2 Å². The highest BCUT2D eigenvalue weighted by molar-refractivity contribution is 5.70. The van der Waals surface area contributed by atoms with Crippen LogP contribution in [0.3, 0.4) is 0 Å². The minimum atomic E-state index is 0.771. The Morgan fingerprint density at radius 2 is 1.95 bits per heavy atom. The van der Waals surface area contributed by atoms with Crippen LogP contribution >= 0.6 is 0 Å². The first kappa shape index (κ1) is 13.5. The van der Waals surface area contributed by atoms with Crippen molar-refractivity contribution in [1.29, 1.82) is 0 Å². The van der Waals surface area contributed by atoms with Gasteiger partial charge in [-0.25, -0.2) is 0 Å². The third-order valence-electron chi connectivity index (χ3n) is 4.51. The molecule has 1 saturated heterocycles. The molecule has 1 aromatic carbocycles. The molecule has 108 valence electrons. The summed E-state index contributed by atoms with van der Waals surface area (Å²) in [5.41, 5.74) is 2.68. The van der Waals surface area contributed by atoms with Crippen LogP contribution < -0.4 is 9.47 Å². The van der Waals surface area contributed by atoms with E-state index in [-0.39, 0.29) is 0 Å². The molecule has 0 saturated carbocycles. The lowest BCUT2D eigenvalue weighted by molar-refractivity contribution is 0.162. The van der Waals surface area contributed by atoms with Crippen molar-refractivity contribution in [2.45, 2.75) is 31.7 Å². The number of rotatable bonds is 3. The predicted molar refractivity (Wildman–Crippen MR) is 81.4 cm³/mol. The van der Waals surface area contributed by atoms with Crippen molar-refractivity contribution in [3.63, 3.8) is 0 Å². The molecule has 0 bridgehead atoms. The van der Waals surface area contributed by atoms with Gasteiger partial charge in [-0.2, -0.15) is 0 Å². The zero-order chi connectivity index (χ0) is 13.9. The van der Waals surface area contributed by atoms with Gasteiger partial charge in [-0.05, 0) is 49.1 Å². The molecule has 3 rings (SSSR count). The fraction of sp³-hybridized carbons (Fsp3) is 0.529. The van der Waals surface area contributed by atoms with E-state index in [0.717, 1.165) is 24.1 Å². The van der Waals surface area contributed by atoms with Crippen molar-refractivity contribution in [1.82, 2.24) is 4.90 Å². The molecule has 0 spiro atoms. The van der Waals surface area contributed by atoms with Crippen LogP contribution in [0, 0.1) is 0 Å². The first-order chi connectivity index (χ1) is 9.81. The molecular formula is C17H23NO2. The summed E-state index contributed by atoms with van der Waals surface area (Å²) in [6.45, 7) is 2.31. The Labute approximate surface area is 121 Å². The highest BCUT2D eigenvalue weighted by atomic mass is 16.5. The summed E-state index contributed by atoms with van der Waals surface area (Å²) in [5, 5.41) is 0. The van der Waals surface area contributed by atoms with Crippen LogP contribution in [0.2, 0.25) is 0 Å². The summed E-state index contributed by atoms with van der Waals surface area (Å²) < 4.78 is 10.7. The number of hydrogen-bond acceptors (Lipinski definition) is 3. The van der Waals surface area contributed by atoms with Gasteiger partial charge in [0.05, 0.1) is 14.2 Å². The van der Waals surface area contributed by atoms with Crippen molar-refractivity contribution in [3.05, 3.63) is 29.8 Å². The zero-order valence-electron chi connectivity index (χ0n) is 12.4. The molecular weight excluding hydrogens is 250 g/mol. The van der Waals surface area contributed by atoms with Crippen molar-refractivity contribution in [3.8, 4) is 11.5 Å². The zero-order valence-corrected chi connectivity index (χ0v) is 12.4. The van der Waals surface area contributed by atoms with E-state index in [0.29, 0.717) is 0 Å². The number of ether oxygens (including phenoxy) is 2. The third kappa shape index (κ3) is 2.55. The molecule has 3 heteroatoms. The van der Waals surface area contributed by atoms with E-state index in [1.165, 1.54) is 43.4 Å². The fourth-order valence-electron chi connectivity index (χ4n) is 3.34. The summed E-state index contributed by atoms with van der Waals surface area (Å²) >= 11 is 0. The van der Waals surface area contributed by atoms with E-state index in [4.69, 9.17) is 9.47 Å². The number of piperidine rings is 1. The van der Waals surface area contributed by atoms with Crippen LogP contribution in [0.25, 0.3) is 5.57 Å². The van der Waals surface area contributed by atoms with Gasteiger partial charge in [-0.15, -0.1) is 0 Å². The van der Waals surface area contributed by atoms with E-state index in [1.54, 1.807) is 14.2 Å². The Balaban J connectivity index is 1.84. The van der Waals surface area contributed by atoms with Gasteiger partial charge in [0.1, 0.15) is 0 Å². The Bertz CT molecular complexity index is 510. The first-order valence-corrected chi connectivity index (χ1v) is 7.47. The maximum atomic E-state index is 5.41. The molecule has 2 heterocycles. The molecule has 1 fully saturated rings. The quantitative estimate of drug-likeness (QED) is 0.843. The van der Waals surface area contributed by atoms with Gasteiger partial charge in [-0.1, -0.05) is 18.6 Å². The van der Waals surface area contributed by atoms with Crippen LogP contribution in [0.15, 0.2) is 24.3 Å². The summed E-state index contributed by atoms with van der Waals surface area (Å²) in [7, 11) is 3.37. The molecule has 0 unspecified atom stereocenters. The van der Waals surface area contributed by atoms with Gasteiger partial charge in [0.2, 0.25) is 0 Å². The predicted octanol–water partition coefficient (Wildman–Crippen LogP) is 3.35. The van der Waals surface area contributed by atoms with Crippen molar-refractivity contribution in [2.75, 3.05) is 27.3 Å². The third-order valence-corrected chi connectivity index (χ3v) is 4.51. The SMILES string of the molecule is COc1ccc(C2=CC[C@H]3CCCCN3C2)cc1OC. The minimum Gasteiger partial charge on any atom is -0.493 e. The van der Waals surface area contributed by atoms with Crippen LogP contribution in [-0.2, 0) is 0 Å². The highest BCUT2D eigenvalue weighted by Gasteiger charge is 2.26. The molecule has 0 aliphatic carbocycles. The smallest absolute Gasteiger partial charge is 0.161 e. The number of methoxy groups -OCH3 is 2. The normalized spacial score (nSPS) is 22.9. The summed E-state index contributed by atoms with van der Waals surface area (Å²) in [4.78, 5) is 2.63. The largest absolute Gasteiger partial charge is 0.493 e. The molecule has 2 aliphatic rings. The standard InChI is InChI=1S/C17H23NO2/c1-19-16-9-7-13(11-17(16)20-2)14-6-8-15-5-3-4-10-18(15)12-14/h6-7,9,11,15H,3-5,8,10,12H2,1-2H3/t15-/m1/s1. The van der Waals surface area contributed by atoms with Crippen LogP contribution in [0.4, 0.5) is 0 Å². The molecule has 1 aromatic rings. The number of benzene rings is 1. The lowest BCUT2D eigenvalue weighted by Gasteiger charge is -2.39. The second kappa shape index (κ2) is 5.88. The maximum absolute atomic E-state index is 5.41. The topological polar surface area (TPSA) is 21.7 Å². The van der Waals surface area contributed by atoms with Gasteiger partial charge >= 0.3 is 0 Å². The maximum Gasteiger partial charge on any atom is 0.161 e. The van der Waals surface area contributed by atoms with Gasteiger partial charge in [-0.3, -0.25) is 4.90 Å². The average Bonchev–Trinajstić information content (AvgIpc) is 2.53. The Morgan fingerprint density at radius 1 is 1.10 bits per heavy atom. The fourth-order valence-corrected chi connectivity index (χ4v) is 3.34. The van der Waals surface area contributed by atoms with Crippen molar-refractivity contribution in [2.24, 2.45) is 0 Å². The Hall–Kier alpha value is -1.48. The van der Waals surface area contributed by atoms with Gasteiger partial charge < -0.3 is 9.47 Å². The van der Waals surface area contributed by atoms with E-state index in [9.17, 15) is 0 Å². The lowest BCUT2D eigenvalue weighted by atomic mass is 9.91. The number of fused-ring (bicyclic) bond motifs is 1. The molecule has 3 nitrogen and oxygen atoms in total. The highest BCUT2D eigenvalue weighted by Crippen LogP contribution is 2.34. The molecule has 0 aromatic heterocycles. The van der Waals surface area contributed by atoms with E-state index in [1.807, 2.05) is 6.07 Å². The molecule has 0 N–H and O–H groups in total. The van der Waals surface area contributed by atoms with Crippen molar-refractivity contribution < 1.29 is 9.47 Å². The van der Waals surface area contributed by atoms with Crippen molar-refractivity contribution >= 4 is 5.57 Å². The molecule has 0 radical (unpaired) electrons. The second-order valence-electron chi connectivity index (χ2n) is 5.65. The second-order valence-corrected chi connectivity index (χ2v) is 5.65. The van der Waals surface area contributed by atoms with E-state index >= 15 is 0 Å². The van der Waals surface area contributed by atoms with E-state index in [2.05, 4.69) is 23.1 Å². The minimum absolute atomic E-state index is 0.771. The summed E-state index contributed by atoms with van der Waals surface area (Å²) in [5.74, 6) is 1.61. The van der Waals surface area contributed by atoms with Gasteiger partial charge in [0.15, 0.2) is 11.5 Å². The summed E-state index contributed by atoms with van der Waals surface area (Å²) in [6.07, 6.45) is 7.68. The van der Waals surface area contributed by atoms with Crippen LogP contribution in [-0.4, -0.2) is 38.3 Å². The Kier molecular flexibility index (Phi) is 3.97. The number of hydrogen-bond donors (Lipinski definition) is 0. The summed E-state index contributed by atoms with van der Waals surface area (Å²) in [6, 6.07) is 7.00. The molecule has 1 atom stereocenters. The van der Waals surface area contributed by atoms with Gasteiger partial charge in [0.25, 0.3) is 0 Å². The van der Waals surface area contributed by atoms with E-state index < -0.39 is 0 Å². The number of nitrogens with zero attached hydrogens (tertiary/aromatic N) is 1. The molecule has 20 heavy (non-hydrogen) atoms. The monoisotopic (exact) mass is 273 g/mol. The van der Waals surface area contributed by atoms with Gasteiger partial charge in [0, 0.05) is 12.6 Å². The average molecular weight is 273 g/mol. The lowest BCUT2D eigenvalue weighted by Crippen LogP contribution is -2.42. The molecule has 0 amide bonds. The Morgan fingerprint density at radius 3 is 2.75 bits per heavy atom. The van der Waals surface area contributed by atoms with Crippen LogP contribution in [0.5, 0.6) is 11.5 Å². The molecule has 2 aliphatic heterocycles. The first-order valence-electron chi connectivity index (χ1n) is 7.47.